The zero-order chi connectivity index (χ0) is 24.5. The van der Waals surface area contributed by atoms with E-state index in [2.05, 4.69) is 0 Å². The number of ether oxygens (including phenoxy) is 2. The molecule has 9 heteroatoms. The number of benzene rings is 2. The number of fused-ring (bicyclic) bond motifs is 4. The van der Waals surface area contributed by atoms with Crippen LogP contribution in [0.5, 0.6) is 5.75 Å². The lowest BCUT2D eigenvalue weighted by atomic mass is 9.73. The Kier molecular flexibility index (Phi) is 5.23. The summed E-state index contributed by atoms with van der Waals surface area (Å²) in [5.41, 5.74) is -0.486. The lowest BCUT2D eigenvalue weighted by Gasteiger charge is -2.39. The molecule has 0 amide bonds. The highest BCUT2D eigenvalue weighted by atomic mass is 16.7. The van der Waals surface area contributed by atoms with Gasteiger partial charge in [0.2, 0.25) is 6.29 Å². The lowest BCUT2D eigenvalue weighted by molar-refractivity contribution is -0.268. The Hall–Kier alpha value is -2.95. The number of rotatable bonds is 2. The minimum absolute atomic E-state index is 0.0220. The highest BCUT2D eigenvalue weighted by molar-refractivity contribution is 6.32. The van der Waals surface area contributed by atoms with Crippen molar-refractivity contribution in [1.29, 1.82) is 0 Å². The van der Waals surface area contributed by atoms with Crippen molar-refractivity contribution in [2.75, 3.05) is 0 Å². The van der Waals surface area contributed by atoms with Gasteiger partial charge in [-0.2, -0.15) is 0 Å². The minimum Gasteiger partial charge on any atom is -0.461 e. The number of Topliss-reactive ketones (excluding diaryl/α,β-unsaturated/α-hetero) is 1. The van der Waals surface area contributed by atoms with E-state index in [-0.39, 0.29) is 46.4 Å². The Bertz CT molecular complexity index is 1230. The first kappa shape index (κ1) is 22.8. The third kappa shape index (κ3) is 3.40. The van der Waals surface area contributed by atoms with Gasteiger partial charge in [0.15, 0.2) is 17.3 Å². The summed E-state index contributed by atoms with van der Waals surface area (Å²) in [5.74, 6) is -1.49. The molecule has 178 valence electrons. The number of ketones is 3. The normalized spacial score (nSPS) is 32.6. The third-order valence-electron chi connectivity index (χ3n) is 6.70. The van der Waals surface area contributed by atoms with Crippen molar-refractivity contribution in [2.45, 2.75) is 63.0 Å². The number of aliphatic hydroxyl groups is 4. The fraction of sp³-hybridized carbons (Fsp3) is 0.400. The van der Waals surface area contributed by atoms with Crippen molar-refractivity contribution in [2.24, 2.45) is 0 Å². The van der Waals surface area contributed by atoms with Crippen molar-refractivity contribution >= 4 is 17.3 Å². The van der Waals surface area contributed by atoms with Gasteiger partial charge >= 0.3 is 0 Å². The molecule has 1 heterocycles. The zero-order valence-corrected chi connectivity index (χ0v) is 18.5. The highest BCUT2D eigenvalue weighted by Gasteiger charge is 2.45. The van der Waals surface area contributed by atoms with Gasteiger partial charge in [-0.1, -0.05) is 18.2 Å². The van der Waals surface area contributed by atoms with Crippen LogP contribution in [0.3, 0.4) is 0 Å². The van der Waals surface area contributed by atoms with Gasteiger partial charge in [0.05, 0.1) is 17.3 Å². The van der Waals surface area contributed by atoms with Gasteiger partial charge in [-0.15, -0.1) is 0 Å². The second-order valence-corrected chi connectivity index (χ2v) is 9.43. The van der Waals surface area contributed by atoms with Gasteiger partial charge < -0.3 is 29.9 Å². The van der Waals surface area contributed by atoms with Gasteiger partial charge in [0.1, 0.15) is 24.1 Å². The quantitative estimate of drug-likeness (QED) is 0.423. The average Bonchev–Trinajstić information content (AvgIpc) is 2.78. The number of hydrogen-bond acceptors (Lipinski definition) is 9. The topological polar surface area (TPSA) is 151 Å². The molecule has 5 rings (SSSR count). The summed E-state index contributed by atoms with van der Waals surface area (Å²) in [6.07, 6.45) is -6.66. The fourth-order valence-electron chi connectivity index (χ4n) is 5.00. The number of hydrogen-bond donors (Lipinski definition) is 4. The summed E-state index contributed by atoms with van der Waals surface area (Å²) in [4.78, 5) is 39.9. The second-order valence-electron chi connectivity index (χ2n) is 9.43. The molecule has 1 aliphatic heterocycles. The molecule has 0 radical (unpaired) electrons. The molecule has 1 saturated heterocycles. The van der Waals surface area contributed by atoms with Crippen LogP contribution in [0.2, 0.25) is 0 Å². The summed E-state index contributed by atoms with van der Waals surface area (Å²) < 4.78 is 11.2. The first-order chi connectivity index (χ1) is 16.0. The van der Waals surface area contributed by atoms with Gasteiger partial charge in [0, 0.05) is 35.1 Å². The molecule has 0 aromatic heterocycles. The average molecular weight is 468 g/mol. The summed E-state index contributed by atoms with van der Waals surface area (Å²) in [6, 6.07) is 7.43. The first-order valence-corrected chi connectivity index (χ1v) is 11.0. The fourth-order valence-corrected chi connectivity index (χ4v) is 5.00. The predicted octanol–water partition coefficient (Wildman–Crippen LogP) is 0.548. The largest absolute Gasteiger partial charge is 0.461 e. The second kappa shape index (κ2) is 7.79. The molecule has 34 heavy (non-hydrogen) atoms. The molecule has 6 atom stereocenters. The van der Waals surface area contributed by atoms with E-state index < -0.39 is 53.7 Å². The minimum atomic E-state index is -1.60. The highest BCUT2D eigenvalue weighted by Crippen LogP contribution is 2.39. The third-order valence-corrected chi connectivity index (χ3v) is 6.70. The van der Waals surface area contributed by atoms with Crippen LogP contribution in [-0.2, 0) is 11.2 Å². The molecular weight excluding hydrogens is 444 g/mol. The van der Waals surface area contributed by atoms with E-state index in [0.29, 0.717) is 5.56 Å². The van der Waals surface area contributed by atoms with E-state index >= 15 is 0 Å². The molecule has 0 saturated carbocycles. The number of carbonyl (C=O) groups excluding carboxylic acids is 3. The Morgan fingerprint density at radius 1 is 0.882 bits per heavy atom. The van der Waals surface area contributed by atoms with Gasteiger partial charge in [0.25, 0.3) is 0 Å². The maximum atomic E-state index is 13.5. The number of carbonyl (C=O) groups is 3. The molecule has 0 unspecified atom stereocenters. The maximum Gasteiger partial charge on any atom is 0.229 e. The van der Waals surface area contributed by atoms with Crippen molar-refractivity contribution in [3.63, 3.8) is 0 Å². The Balaban J connectivity index is 1.57. The van der Waals surface area contributed by atoms with Crippen molar-refractivity contribution < 1.29 is 44.3 Å². The van der Waals surface area contributed by atoms with E-state index in [1.54, 1.807) is 13.0 Å². The molecule has 4 N–H and O–H groups in total. The molecule has 2 aromatic carbocycles. The maximum absolute atomic E-state index is 13.5. The SMILES string of the molecule is C[C@@H]1O[C@@H](Oc2cccc3c2C(=O)c2ccc4c(c2C3=O)C(=O)C[C@](C)(O)C4)[C@H](O)[C@H](O)[C@H]1O. The van der Waals surface area contributed by atoms with Gasteiger partial charge in [-0.05, 0) is 31.5 Å². The standard InChI is InChI=1S/C25H24O9/c1-10-19(27)22(30)23(31)24(33-10)34-15-5-3-4-12-17(15)20(28)13-7-6-11-8-25(2,32)9-14(26)16(11)18(13)21(12)29/h3-7,10,19,22-24,27,30-32H,8-9H2,1-2H3/t10-,19-,22+,23+,24-,25+/m0/s1. The molecule has 0 spiro atoms. The van der Waals surface area contributed by atoms with Crippen LogP contribution < -0.4 is 4.74 Å². The molecule has 1 fully saturated rings. The summed E-state index contributed by atoms with van der Waals surface area (Å²) in [6.45, 7) is 3.05. The lowest BCUT2D eigenvalue weighted by Crippen LogP contribution is -2.58. The molecule has 0 bridgehead atoms. The van der Waals surface area contributed by atoms with Crippen LogP contribution in [0, 0.1) is 0 Å². The first-order valence-electron chi connectivity index (χ1n) is 11.0. The Labute approximate surface area is 194 Å². The molecule has 2 aliphatic carbocycles. The molecule has 3 aliphatic rings. The van der Waals surface area contributed by atoms with Crippen LogP contribution in [0.4, 0.5) is 0 Å². The van der Waals surface area contributed by atoms with Crippen LogP contribution in [0.25, 0.3) is 0 Å². The number of aliphatic hydroxyl groups excluding tert-OH is 3. The van der Waals surface area contributed by atoms with Crippen LogP contribution in [-0.4, -0.2) is 74.1 Å². The molecular formula is C25H24O9. The van der Waals surface area contributed by atoms with Crippen molar-refractivity contribution in [3.05, 3.63) is 63.7 Å². The zero-order valence-electron chi connectivity index (χ0n) is 18.5. The van der Waals surface area contributed by atoms with Crippen molar-refractivity contribution in [1.82, 2.24) is 0 Å². The van der Waals surface area contributed by atoms with E-state index in [4.69, 9.17) is 9.47 Å². The summed E-state index contributed by atoms with van der Waals surface area (Å²) in [5, 5.41) is 40.7. The van der Waals surface area contributed by atoms with E-state index in [0.717, 1.165) is 0 Å². The Morgan fingerprint density at radius 2 is 1.56 bits per heavy atom. The van der Waals surface area contributed by atoms with E-state index in [9.17, 15) is 34.8 Å². The summed E-state index contributed by atoms with van der Waals surface area (Å²) in [7, 11) is 0. The monoisotopic (exact) mass is 468 g/mol. The Morgan fingerprint density at radius 3 is 2.29 bits per heavy atom. The molecule has 2 aromatic rings. The van der Waals surface area contributed by atoms with Crippen LogP contribution in [0.1, 0.15) is 68.0 Å². The van der Waals surface area contributed by atoms with E-state index in [1.165, 1.54) is 31.2 Å². The van der Waals surface area contributed by atoms with Gasteiger partial charge in [-0.3, -0.25) is 14.4 Å². The summed E-state index contributed by atoms with van der Waals surface area (Å²) >= 11 is 0. The smallest absolute Gasteiger partial charge is 0.229 e. The predicted molar refractivity (Wildman–Crippen MR) is 116 cm³/mol. The van der Waals surface area contributed by atoms with Crippen molar-refractivity contribution in [3.8, 4) is 5.75 Å². The van der Waals surface area contributed by atoms with E-state index in [1.807, 2.05) is 0 Å². The van der Waals surface area contributed by atoms with Crippen LogP contribution >= 0.6 is 0 Å². The van der Waals surface area contributed by atoms with Gasteiger partial charge in [-0.25, -0.2) is 0 Å². The molecule has 9 nitrogen and oxygen atoms in total. The van der Waals surface area contributed by atoms with Crippen LogP contribution in [0.15, 0.2) is 30.3 Å².